The van der Waals surface area contributed by atoms with Gasteiger partial charge in [0.1, 0.15) is 5.82 Å². The number of carbonyl (C=O) groups is 1. The minimum atomic E-state index is -0.582. The molecule has 0 aliphatic carbocycles. The van der Waals surface area contributed by atoms with Gasteiger partial charge in [0.15, 0.2) is 18.2 Å². The van der Waals surface area contributed by atoms with Gasteiger partial charge in [0.05, 0.1) is 36.1 Å². The van der Waals surface area contributed by atoms with Crippen LogP contribution >= 0.6 is 0 Å². The van der Waals surface area contributed by atoms with Gasteiger partial charge < -0.3 is 30.1 Å². The number of pyridine rings is 3. The number of fused-ring (bicyclic) bond motifs is 2. The quantitative estimate of drug-likeness (QED) is 0.457. The van der Waals surface area contributed by atoms with E-state index in [-0.39, 0.29) is 18.6 Å². The summed E-state index contributed by atoms with van der Waals surface area (Å²) >= 11 is 0. The van der Waals surface area contributed by atoms with Crippen molar-refractivity contribution in [2.24, 2.45) is 0 Å². The van der Waals surface area contributed by atoms with E-state index in [1.54, 1.807) is 18.2 Å². The first-order valence-electron chi connectivity index (χ1n) is 11.5. The van der Waals surface area contributed by atoms with E-state index in [1.807, 2.05) is 6.07 Å². The second-order valence-electron chi connectivity index (χ2n) is 8.69. The number of nitrogens with one attached hydrogen (secondary N) is 2. The van der Waals surface area contributed by atoms with E-state index >= 15 is 0 Å². The van der Waals surface area contributed by atoms with E-state index in [2.05, 4.69) is 30.5 Å². The third kappa shape index (κ3) is 5.16. The van der Waals surface area contributed by atoms with Crippen molar-refractivity contribution in [3.63, 3.8) is 0 Å². The number of likely N-dealkylation sites (tertiary alicyclic amines) is 1. The fraction of sp³-hybridized carbons (Fsp3) is 0.417. The molecule has 2 atom stereocenters. The van der Waals surface area contributed by atoms with E-state index in [9.17, 15) is 14.3 Å². The molecule has 184 valence electrons. The highest BCUT2D eigenvalue weighted by molar-refractivity contribution is 5.94. The van der Waals surface area contributed by atoms with Crippen LogP contribution in [-0.4, -0.2) is 76.4 Å². The molecule has 0 spiro atoms. The van der Waals surface area contributed by atoms with Gasteiger partial charge in [-0.2, -0.15) is 0 Å². The largest absolute Gasteiger partial charge is 0.481 e. The van der Waals surface area contributed by atoms with Crippen LogP contribution in [0.1, 0.15) is 17.7 Å². The van der Waals surface area contributed by atoms with Crippen LogP contribution in [0.4, 0.5) is 10.2 Å². The van der Waals surface area contributed by atoms with Gasteiger partial charge >= 0.3 is 0 Å². The molecule has 11 heteroatoms. The van der Waals surface area contributed by atoms with Crippen LogP contribution in [0.3, 0.4) is 0 Å². The lowest BCUT2D eigenvalue weighted by atomic mass is 10.0. The number of amides is 1. The Kier molecular flexibility index (Phi) is 6.71. The van der Waals surface area contributed by atoms with Crippen molar-refractivity contribution in [1.82, 2.24) is 25.2 Å². The topological polar surface area (TPSA) is 122 Å². The van der Waals surface area contributed by atoms with Crippen molar-refractivity contribution in [2.45, 2.75) is 31.5 Å². The predicted octanol–water partition coefficient (Wildman–Crippen LogP) is 1.27. The summed E-state index contributed by atoms with van der Waals surface area (Å²) in [5.74, 6) is 0.756. The number of carbonyl (C=O) groups excluding carboxylic acids is 1. The van der Waals surface area contributed by atoms with Crippen LogP contribution in [0.5, 0.6) is 11.6 Å². The maximum absolute atomic E-state index is 14.6. The number of anilines is 1. The molecule has 5 heterocycles. The summed E-state index contributed by atoms with van der Waals surface area (Å²) in [6.45, 7) is 2.27. The van der Waals surface area contributed by atoms with E-state index < -0.39 is 11.9 Å². The molecule has 10 nitrogen and oxygen atoms in total. The molecule has 5 rings (SSSR count). The number of rotatable bonds is 7. The monoisotopic (exact) mass is 482 g/mol. The maximum atomic E-state index is 14.6. The van der Waals surface area contributed by atoms with Gasteiger partial charge in [0.25, 0.3) is 5.91 Å². The number of aromatic nitrogens is 3. The lowest BCUT2D eigenvalue weighted by Crippen LogP contribution is -2.52. The van der Waals surface area contributed by atoms with Gasteiger partial charge in [-0.25, -0.2) is 14.4 Å². The molecule has 1 amide bonds. The second kappa shape index (κ2) is 10.1. The summed E-state index contributed by atoms with van der Waals surface area (Å²) in [5.41, 5.74) is 2.36. The number of piperidine rings is 1. The first kappa shape index (κ1) is 23.3. The number of β-amino-alcohol motifs (C(OH)–C–C–N with tert-alkyl or cyclic N) is 1. The highest BCUT2D eigenvalue weighted by Crippen LogP contribution is 2.26. The number of ether oxygens (including phenoxy) is 2. The Balaban J connectivity index is 1.16. The zero-order chi connectivity index (χ0) is 24.4. The first-order valence-corrected chi connectivity index (χ1v) is 11.5. The molecule has 2 aliphatic rings. The minimum Gasteiger partial charge on any atom is -0.481 e. The third-order valence-electron chi connectivity index (χ3n) is 6.37. The van der Waals surface area contributed by atoms with Gasteiger partial charge in [-0.1, -0.05) is 0 Å². The van der Waals surface area contributed by atoms with Crippen molar-refractivity contribution in [3.8, 4) is 11.6 Å². The molecule has 0 saturated carbocycles. The average Bonchev–Trinajstić information content (AvgIpc) is 2.87. The average molecular weight is 483 g/mol. The molecule has 3 aromatic rings. The summed E-state index contributed by atoms with van der Waals surface area (Å²) in [5, 5.41) is 16.8. The Morgan fingerprint density at radius 1 is 1.31 bits per heavy atom. The molecular formula is C24H27FN6O4. The van der Waals surface area contributed by atoms with Gasteiger partial charge in [0, 0.05) is 37.3 Å². The Hall–Kier alpha value is -3.41. The number of aliphatic hydroxyl groups excluding tert-OH is 1. The smallest absolute Gasteiger partial charge is 0.263 e. The van der Waals surface area contributed by atoms with E-state index in [1.165, 1.54) is 13.3 Å². The Morgan fingerprint density at radius 2 is 2.20 bits per heavy atom. The van der Waals surface area contributed by atoms with Gasteiger partial charge in [0.2, 0.25) is 5.88 Å². The fourth-order valence-corrected chi connectivity index (χ4v) is 4.48. The van der Waals surface area contributed by atoms with Crippen LogP contribution in [-0.2, 0) is 17.8 Å². The van der Waals surface area contributed by atoms with Gasteiger partial charge in [-0.15, -0.1) is 0 Å². The van der Waals surface area contributed by atoms with Gasteiger partial charge in [-0.3, -0.25) is 9.78 Å². The van der Waals surface area contributed by atoms with Crippen LogP contribution in [0.15, 0.2) is 30.5 Å². The Bertz CT molecular complexity index is 1240. The molecule has 2 aliphatic heterocycles. The highest BCUT2D eigenvalue weighted by Gasteiger charge is 2.28. The summed E-state index contributed by atoms with van der Waals surface area (Å²) in [7, 11) is 1.52. The van der Waals surface area contributed by atoms with E-state index in [4.69, 9.17) is 9.47 Å². The Labute approximate surface area is 201 Å². The van der Waals surface area contributed by atoms with Crippen molar-refractivity contribution in [3.05, 3.63) is 47.5 Å². The summed E-state index contributed by atoms with van der Waals surface area (Å²) in [4.78, 5) is 26.6. The van der Waals surface area contributed by atoms with Crippen LogP contribution in [0.2, 0.25) is 0 Å². The zero-order valence-corrected chi connectivity index (χ0v) is 19.3. The number of hydrogen-bond donors (Lipinski definition) is 3. The molecule has 1 fully saturated rings. The third-order valence-corrected chi connectivity index (χ3v) is 6.37. The molecule has 0 bridgehead atoms. The zero-order valence-electron chi connectivity index (χ0n) is 19.3. The van der Waals surface area contributed by atoms with E-state index in [0.717, 1.165) is 18.7 Å². The molecule has 3 aromatic heterocycles. The van der Waals surface area contributed by atoms with Crippen molar-refractivity contribution in [2.75, 3.05) is 38.7 Å². The highest BCUT2D eigenvalue weighted by atomic mass is 19.1. The lowest BCUT2D eigenvalue weighted by molar-refractivity contribution is -0.118. The number of nitrogens with zero attached hydrogens (tertiary/aromatic N) is 4. The molecule has 0 radical (unpaired) electrons. The SMILES string of the molecule is COc1ccc2ncc(F)c(CCN3CCC(NCc4ccc5c(n4)NC(=O)CO5)C(O)C3)c2n1. The molecule has 1 saturated heterocycles. The van der Waals surface area contributed by atoms with Crippen molar-refractivity contribution in [1.29, 1.82) is 0 Å². The molecule has 0 aromatic carbocycles. The maximum Gasteiger partial charge on any atom is 0.263 e. The minimum absolute atomic E-state index is 0.00816. The normalized spacial score (nSPS) is 20.3. The second-order valence-corrected chi connectivity index (χ2v) is 8.69. The summed E-state index contributed by atoms with van der Waals surface area (Å²) in [6.07, 6.45) is 1.82. The van der Waals surface area contributed by atoms with Crippen LogP contribution in [0.25, 0.3) is 11.0 Å². The fourth-order valence-electron chi connectivity index (χ4n) is 4.48. The molecule has 3 N–H and O–H groups in total. The van der Waals surface area contributed by atoms with Gasteiger partial charge in [-0.05, 0) is 37.6 Å². The lowest BCUT2D eigenvalue weighted by Gasteiger charge is -2.36. The van der Waals surface area contributed by atoms with Crippen molar-refractivity contribution >= 4 is 22.8 Å². The first-order chi connectivity index (χ1) is 17.0. The van der Waals surface area contributed by atoms with Crippen molar-refractivity contribution < 1.29 is 23.8 Å². The Morgan fingerprint density at radius 3 is 3.03 bits per heavy atom. The van der Waals surface area contributed by atoms with Crippen LogP contribution < -0.4 is 20.1 Å². The molecule has 35 heavy (non-hydrogen) atoms. The summed E-state index contributed by atoms with van der Waals surface area (Å²) < 4.78 is 25.1. The molecular weight excluding hydrogens is 455 g/mol. The standard InChI is InChI=1S/C24H27FN6O4/c1-34-22-5-3-18-23(30-22)15(16(25)11-27-18)6-8-31-9-7-17(19(32)12-31)26-10-14-2-4-20-24(28-14)29-21(33)13-35-20/h2-5,11,17,19,26,32H,6-10,12-13H2,1H3,(H,28,29,33). The number of methoxy groups -OCH3 is 1. The number of aliphatic hydroxyl groups is 1. The molecule has 2 unspecified atom stereocenters. The number of halogens is 1. The number of hydrogen-bond acceptors (Lipinski definition) is 9. The predicted molar refractivity (Wildman–Crippen MR) is 126 cm³/mol. The summed E-state index contributed by atoms with van der Waals surface area (Å²) in [6, 6.07) is 6.99. The van der Waals surface area contributed by atoms with Crippen LogP contribution in [0, 0.1) is 5.82 Å². The van der Waals surface area contributed by atoms with E-state index in [0.29, 0.717) is 60.1 Å².